The zero-order valence-corrected chi connectivity index (χ0v) is 9.69. The van der Waals surface area contributed by atoms with Gasteiger partial charge in [-0.05, 0) is 13.3 Å². The Balaban J connectivity index is 0.00000112. The standard InChI is InChI=1S/C12H17NO.ClH/c1-9(10-5-3-2-4-6-10)13-11-7-8-12(11)14;/h2-6,9,11-14H,7-8H2,1H3;1H/t9-,11-,12+;/m0./s1. The van der Waals surface area contributed by atoms with Crippen molar-refractivity contribution in [2.45, 2.75) is 38.0 Å². The fourth-order valence-electron chi connectivity index (χ4n) is 1.97. The molecule has 1 fully saturated rings. The Morgan fingerprint density at radius 3 is 2.40 bits per heavy atom. The van der Waals surface area contributed by atoms with Gasteiger partial charge in [-0.25, -0.2) is 0 Å². The van der Waals surface area contributed by atoms with E-state index in [0.29, 0.717) is 12.1 Å². The van der Waals surface area contributed by atoms with Crippen molar-refractivity contribution in [3.8, 4) is 0 Å². The van der Waals surface area contributed by atoms with Crippen molar-refractivity contribution < 1.29 is 22.8 Å². The Labute approximate surface area is 97.1 Å². The van der Waals surface area contributed by atoms with Crippen molar-refractivity contribution in [1.82, 2.24) is 0 Å². The van der Waals surface area contributed by atoms with Gasteiger partial charge < -0.3 is 22.8 Å². The highest BCUT2D eigenvalue weighted by Crippen LogP contribution is 2.17. The first kappa shape index (κ1) is 12.5. The number of hydrogen-bond donors (Lipinski definition) is 2. The van der Waals surface area contributed by atoms with Gasteiger partial charge in [0.1, 0.15) is 18.2 Å². The summed E-state index contributed by atoms with van der Waals surface area (Å²) in [6.45, 7) is 2.19. The summed E-state index contributed by atoms with van der Waals surface area (Å²) in [5.41, 5.74) is 1.34. The molecule has 1 saturated carbocycles. The normalized spacial score (nSPS) is 26.3. The number of aliphatic hydroxyl groups is 1. The highest BCUT2D eigenvalue weighted by atomic mass is 35.5. The number of aliphatic hydroxyl groups excluding tert-OH is 1. The van der Waals surface area contributed by atoms with Crippen LogP contribution in [0, 0.1) is 0 Å². The van der Waals surface area contributed by atoms with Crippen molar-refractivity contribution in [3.05, 3.63) is 35.9 Å². The monoisotopic (exact) mass is 227 g/mol. The van der Waals surface area contributed by atoms with E-state index >= 15 is 0 Å². The van der Waals surface area contributed by atoms with E-state index in [1.165, 1.54) is 5.56 Å². The van der Waals surface area contributed by atoms with Gasteiger partial charge in [0.15, 0.2) is 0 Å². The molecule has 0 spiro atoms. The summed E-state index contributed by atoms with van der Waals surface area (Å²) in [4.78, 5) is 0. The molecule has 2 rings (SSSR count). The minimum absolute atomic E-state index is 0. The van der Waals surface area contributed by atoms with Crippen molar-refractivity contribution >= 4 is 0 Å². The number of halogens is 1. The van der Waals surface area contributed by atoms with E-state index in [1.54, 1.807) is 0 Å². The molecule has 1 aliphatic carbocycles. The molecule has 0 heterocycles. The highest BCUT2D eigenvalue weighted by Gasteiger charge is 2.33. The second-order valence-electron chi connectivity index (χ2n) is 4.20. The van der Waals surface area contributed by atoms with E-state index in [-0.39, 0.29) is 18.5 Å². The molecule has 0 aliphatic heterocycles. The van der Waals surface area contributed by atoms with Gasteiger partial charge in [-0.3, -0.25) is 0 Å². The lowest BCUT2D eigenvalue weighted by Gasteiger charge is -2.32. The van der Waals surface area contributed by atoms with Crippen LogP contribution < -0.4 is 17.7 Å². The molecule has 3 heteroatoms. The summed E-state index contributed by atoms with van der Waals surface area (Å²) in [6, 6.07) is 11.3. The van der Waals surface area contributed by atoms with Crippen LogP contribution in [-0.2, 0) is 0 Å². The Bertz CT molecular complexity index is 291. The molecule has 1 aliphatic rings. The van der Waals surface area contributed by atoms with Crippen LogP contribution in [-0.4, -0.2) is 17.3 Å². The van der Waals surface area contributed by atoms with Crippen LogP contribution in [0.4, 0.5) is 0 Å². The molecule has 0 bridgehead atoms. The third-order valence-electron chi connectivity index (χ3n) is 3.15. The van der Waals surface area contributed by atoms with E-state index in [9.17, 15) is 5.11 Å². The van der Waals surface area contributed by atoms with Gasteiger partial charge in [-0.1, -0.05) is 30.3 Å². The molecule has 0 unspecified atom stereocenters. The van der Waals surface area contributed by atoms with Gasteiger partial charge in [0.25, 0.3) is 0 Å². The van der Waals surface area contributed by atoms with E-state index in [0.717, 1.165) is 12.8 Å². The van der Waals surface area contributed by atoms with Crippen molar-refractivity contribution in [3.63, 3.8) is 0 Å². The lowest BCUT2D eigenvalue weighted by molar-refractivity contribution is -0.740. The SMILES string of the molecule is C[C@H]([NH2+][C@H]1CC[C@H]1O)c1ccccc1.[Cl-]. The van der Waals surface area contributed by atoms with Gasteiger partial charge in [0.2, 0.25) is 0 Å². The van der Waals surface area contributed by atoms with Crippen LogP contribution in [0.15, 0.2) is 30.3 Å². The van der Waals surface area contributed by atoms with Gasteiger partial charge in [0, 0.05) is 12.0 Å². The number of benzene rings is 1. The Hall–Kier alpha value is -0.570. The third kappa shape index (κ3) is 2.94. The molecule has 3 atom stereocenters. The molecule has 0 aromatic heterocycles. The van der Waals surface area contributed by atoms with Gasteiger partial charge >= 0.3 is 0 Å². The third-order valence-corrected chi connectivity index (χ3v) is 3.15. The van der Waals surface area contributed by atoms with Crippen LogP contribution in [0.3, 0.4) is 0 Å². The quantitative estimate of drug-likeness (QED) is 0.607. The second-order valence-corrected chi connectivity index (χ2v) is 4.20. The Morgan fingerprint density at radius 2 is 1.93 bits per heavy atom. The van der Waals surface area contributed by atoms with Crippen molar-refractivity contribution in [1.29, 1.82) is 0 Å². The molecule has 2 nitrogen and oxygen atoms in total. The minimum Gasteiger partial charge on any atom is -1.00 e. The fraction of sp³-hybridized carbons (Fsp3) is 0.500. The molecule has 84 valence electrons. The second kappa shape index (κ2) is 5.50. The molecule has 0 saturated heterocycles. The smallest absolute Gasteiger partial charge is 0.113 e. The molecule has 0 amide bonds. The van der Waals surface area contributed by atoms with Crippen LogP contribution in [0.2, 0.25) is 0 Å². The first-order valence-electron chi connectivity index (χ1n) is 5.35. The highest BCUT2D eigenvalue weighted by molar-refractivity contribution is 5.16. The average molecular weight is 228 g/mol. The molecule has 1 aromatic carbocycles. The summed E-state index contributed by atoms with van der Waals surface area (Å²) in [5.74, 6) is 0. The van der Waals surface area contributed by atoms with Gasteiger partial charge in [-0.15, -0.1) is 0 Å². The molecule has 1 aromatic rings. The zero-order chi connectivity index (χ0) is 9.97. The Morgan fingerprint density at radius 1 is 1.27 bits per heavy atom. The van der Waals surface area contributed by atoms with E-state index < -0.39 is 0 Å². The first-order chi connectivity index (χ1) is 6.77. The molecule has 3 N–H and O–H groups in total. The maximum absolute atomic E-state index is 9.47. The summed E-state index contributed by atoms with van der Waals surface area (Å²) >= 11 is 0. The maximum atomic E-state index is 9.47. The lowest BCUT2D eigenvalue weighted by Crippen LogP contribution is -3.00. The maximum Gasteiger partial charge on any atom is 0.113 e. The van der Waals surface area contributed by atoms with Crippen molar-refractivity contribution in [2.24, 2.45) is 0 Å². The number of rotatable bonds is 3. The zero-order valence-electron chi connectivity index (χ0n) is 8.94. The molecule has 15 heavy (non-hydrogen) atoms. The minimum atomic E-state index is -0.0823. The fourth-order valence-corrected chi connectivity index (χ4v) is 1.97. The van der Waals surface area contributed by atoms with Crippen LogP contribution in [0.25, 0.3) is 0 Å². The molecule has 0 radical (unpaired) electrons. The predicted octanol–water partition coefficient (Wildman–Crippen LogP) is -2.16. The first-order valence-corrected chi connectivity index (χ1v) is 5.35. The number of nitrogens with two attached hydrogens (primary N) is 1. The topological polar surface area (TPSA) is 36.8 Å². The van der Waals surface area contributed by atoms with Crippen LogP contribution in [0.5, 0.6) is 0 Å². The average Bonchev–Trinajstić information content (AvgIpc) is 2.24. The van der Waals surface area contributed by atoms with E-state index in [1.807, 2.05) is 6.07 Å². The predicted molar refractivity (Wildman–Crippen MR) is 55.8 cm³/mol. The summed E-state index contributed by atoms with van der Waals surface area (Å²) < 4.78 is 0. The van der Waals surface area contributed by atoms with E-state index in [4.69, 9.17) is 0 Å². The number of hydrogen-bond acceptors (Lipinski definition) is 1. The summed E-state index contributed by atoms with van der Waals surface area (Å²) in [5, 5.41) is 11.8. The van der Waals surface area contributed by atoms with Crippen LogP contribution >= 0.6 is 0 Å². The van der Waals surface area contributed by atoms with Crippen LogP contribution in [0.1, 0.15) is 31.4 Å². The largest absolute Gasteiger partial charge is 1.00 e. The summed E-state index contributed by atoms with van der Waals surface area (Å²) in [7, 11) is 0. The van der Waals surface area contributed by atoms with Gasteiger partial charge in [-0.2, -0.15) is 0 Å². The van der Waals surface area contributed by atoms with Crippen molar-refractivity contribution in [2.75, 3.05) is 0 Å². The summed E-state index contributed by atoms with van der Waals surface area (Å²) in [6.07, 6.45) is 2.04. The number of quaternary nitrogens is 1. The van der Waals surface area contributed by atoms with E-state index in [2.05, 4.69) is 36.5 Å². The molecular formula is C12H18ClNO. The Kier molecular flexibility index (Phi) is 4.58. The lowest BCUT2D eigenvalue weighted by atomic mass is 9.88. The molecular weight excluding hydrogens is 210 g/mol. The van der Waals surface area contributed by atoms with Gasteiger partial charge in [0.05, 0.1) is 0 Å².